The number of rotatable bonds is 7. The highest BCUT2D eigenvalue weighted by atomic mass is 16.5. The number of aryl methyl sites for hydroxylation is 1. The number of nitrogens with zero attached hydrogens (tertiary/aromatic N) is 2. The lowest BCUT2D eigenvalue weighted by atomic mass is 10.1. The van der Waals surface area contributed by atoms with E-state index in [1.165, 1.54) is 16.5 Å². The van der Waals surface area contributed by atoms with Gasteiger partial charge in [-0.25, -0.2) is 9.97 Å². The summed E-state index contributed by atoms with van der Waals surface area (Å²) in [4.78, 5) is 12.3. The molecule has 6 heteroatoms. The van der Waals surface area contributed by atoms with Gasteiger partial charge in [0.25, 0.3) is 0 Å². The number of nitrogens with one attached hydrogen (secondary N) is 3. The number of ether oxygens (including phenoxy) is 1. The molecule has 0 amide bonds. The van der Waals surface area contributed by atoms with Gasteiger partial charge in [0.05, 0.1) is 12.8 Å². The fourth-order valence-corrected chi connectivity index (χ4v) is 3.27. The number of aromatic amines is 1. The van der Waals surface area contributed by atoms with Crippen LogP contribution in [0.5, 0.6) is 5.75 Å². The fraction of sp³-hybridized carbons (Fsp3) is 0.182. The van der Waals surface area contributed by atoms with E-state index in [0.717, 1.165) is 36.0 Å². The summed E-state index contributed by atoms with van der Waals surface area (Å²) in [7, 11) is 1.66. The van der Waals surface area contributed by atoms with Crippen molar-refractivity contribution in [3.05, 3.63) is 72.2 Å². The number of hydrogen-bond acceptors (Lipinski definition) is 5. The van der Waals surface area contributed by atoms with Crippen molar-refractivity contribution in [3.63, 3.8) is 0 Å². The molecule has 0 radical (unpaired) electrons. The molecule has 2 aromatic carbocycles. The molecule has 0 atom stereocenters. The minimum atomic E-state index is 0.703. The van der Waals surface area contributed by atoms with Crippen LogP contribution in [0.4, 0.5) is 17.3 Å². The highest BCUT2D eigenvalue weighted by molar-refractivity contribution is 5.83. The molecule has 0 fully saturated rings. The molecule has 0 bridgehead atoms. The maximum absolute atomic E-state index is 5.39. The van der Waals surface area contributed by atoms with Crippen molar-refractivity contribution in [1.29, 1.82) is 0 Å². The highest BCUT2D eigenvalue weighted by Crippen LogP contribution is 2.27. The maximum atomic E-state index is 5.39. The van der Waals surface area contributed by atoms with Crippen molar-refractivity contribution in [2.45, 2.75) is 13.3 Å². The topological polar surface area (TPSA) is 74.9 Å². The molecule has 0 saturated carbocycles. The molecule has 0 aliphatic heterocycles. The van der Waals surface area contributed by atoms with Crippen LogP contribution >= 0.6 is 0 Å². The van der Waals surface area contributed by atoms with Crippen LogP contribution in [0.25, 0.3) is 10.9 Å². The van der Waals surface area contributed by atoms with E-state index in [-0.39, 0.29) is 0 Å². The van der Waals surface area contributed by atoms with Crippen molar-refractivity contribution in [1.82, 2.24) is 15.0 Å². The number of aromatic nitrogens is 3. The zero-order valence-corrected chi connectivity index (χ0v) is 16.0. The molecule has 2 aromatic heterocycles. The van der Waals surface area contributed by atoms with Gasteiger partial charge in [-0.3, -0.25) is 0 Å². The third-order valence-corrected chi connectivity index (χ3v) is 4.58. The van der Waals surface area contributed by atoms with Crippen LogP contribution in [0.3, 0.4) is 0 Å². The summed E-state index contributed by atoms with van der Waals surface area (Å²) in [6.45, 7) is 2.67. The molecule has 0 saturated heterocycles. The van der Waals surface area contributed by atoms with E-state index < -0.39 is 0 Å². The Balaban J connectivity index is 1.45. The summed E-state index contributed by atoms with van der Waals surface area (Å²) in [6.07, 6.45) is 2.98. The van der Waals surface area contributed by atoms with E-state index in [1.54, 1.807) is 7.11 Å². The molecule has 2 heterocycles. The second-order valence-electron chi connectivity index (χ2n) is 6.55. The summed E-state index contributed by atoms with van der Waals surface area (Å²) in [5, 5.41) is 7.98. The Morgan fingerprint density at radius 1 is 1.00 bits per heavy atom. The molecule has 6 nitrogen and oxygen atoms in total. The van der Waals surface area contributed by atoms with E-state index >= 15 is 0 Å². The van der Waals surface area contributed by atoms with E-state index in [0.29, 0.717) is 5.82 Å². The van der Waals surface area contributed by atoms with E-state index in [2.05, 4.69) is 50.0 Å². The summed E-state index contributed by atoms with van der Waals surface area (Å²) >= 11 is 0. The van der Waals surface area contributed by atoms with Crippen LogP contribution in [-0.2, 0) is 6.42 Å². The normalized spacial score (nSPS) is 10.8. The minimum Gasteiger partial charge on any atom is -0.495 e. The van der Waals surface area contributed by atoms with Gasteiger partial charge >= 0.3 is 0 Å². The van der Waals surface area contributed by atoms with Gasteiger partial charge in [-0.05, 0) is 37.1 Å². The molecule has 0 unspecified atom stereocenters. The van der Waals surface area contributed by atoms with Crippen LogP contribution in [0.15, 0.2) is 60.8 Å². The Hall–Kier alpha value is -3.54. The number of benzene rings is 2. The number of H-pyrrole nitrogens is 1. The first kappa shape index (κ1) is 17.9. The average Bonchev–Trinajstić information content (AvgIpc) is 3.11. The summed E-state index contributed by atoms with van der Waals surface area (Å²) in [5.41, 5.74) is 3.33. The Labute approximate surface area is 164 Å². The number of hydrogen-bond donors (Lipinski definition) is 3. The Morgan fingerprint density at radius 2 is 1.79 bits per heavy atom. The lowest BCUT2D eigenvalue weighted by Gasteiger charge is -2.12. The van der Waals surface area contributed by atoms with E-state index in [1.807, 2.05) is 43.3 Å². The molecule has 28 heavy (non-hydrogen) atoms. The minimum absolute atomic E-state index is 0.703. The van der Waals surface area contributed by atoms with Crippen molar-refractivity contribution in [2.75, 3.05) is 24.3 Å². The largest absolute Gasteiger partial charge is 0.495 e. The lowest BCUT2D eigenvalue weighted by Crippen LogP contribution is -2.08. The van der Waals surface area contributed by atoms with Crippen molar-refractivity contribution in [2.24, 2.45) is 0 Å². The zero-order valence-electron chi connectivity index (χ0n) is 16.0. The SMILES string of the molecule is COc1ccccc1Nc1cc(NCCc2c[nH]c3ccccc23)nc(C)n1. The van der Waals surface area contributed by atoms with Gasteiger partial charge in [-0.15, -0.1) is 0 Å². The zero-order chi connectivity index (χ0) is 19.3. The van der Waals surface area contributed by atoms with Crippen LogP contribution in [0, 0.1) is 6.92 Å². The Kier molecular flexibility index (Phi) is 5.10. The lowest BCUT2D eigenvalue weighted by molar-refractivity contribution is 0.417. The predicted molar refractivity (Wildman–Crippen MR) is 114 cm³/mol. The standard InChI is InChI=1S/C22H23N5O/c1-15-25-21(13-22(26-15)27-19-9-5-6-10-20(19)28-2)23-12-11-16-14-24-18-8-4-3-7-17(16)18/h3-10,13-14,24H,11-12H2,1-2H3,(H2,23,25,26,27). The van der Waals surface area contributed by atoms with Crippen LogP contribution < -0.4 is 15.4 Å². The average molecular weight is 373 g/mol. The fourth-order valence-electron chi connectivity index (χ4n) is 3.27. The van der Waals surface area contributed by atoms with Crippen LogP contribution in [0.1, 0.15) is 11.4 Å². The molecule has 0 spiro atoms. The van der Waals surface area contributed by atoms with Gasteiger partial charge in [-0.2, -0.15) is 0 Å². The first-order valence-electron chi connectivity index (χ1n) is 9.27. The van der Waals surface area contributed by atoms with Crippen molar-refractivity contribution < 1.29 is 4.74 Å². The smallest absolute Gasteiger partial charge is 0.142 e. The van der Waals surface area contributed by atoms with Crippen molar-refractivity contribution in [3.8, 4) is 5.75 Å². The maximum Gasteiger partial charge on any atom is 0.142 e. The molecule has 0 aliphatic carbocycles. The molecule has 4 rings (SSSR count). The van der Waals surface area contributed by atoms with Gasteiger partial charge in [0.2, 0.25) is 0 Å². The second-order valence-corrected chi connectivity index (χ2v) is 6.55. The summed E-state index contributed by atoms with van der Waals surface area (Å²) in [6, 6.07) is 18.0. The molecule has 0 aliphatic rings. The second kappa shape index (κ2) is 8.00. The van der Waals surface area contributed by atoms with Gasteiger partial charge < -0.3 is 20.4 Å². The number of fused-ring (bicyclic) bond motifs is 1. The Morgan fingerprint density at radius 3 is 2.68 bits per heavy atom. The summed E-state index contributed by atoms with van der Waals surface area (Å²) < 4.78 is 5.39. The van der Waals surface area contributed by atoms with E-state index in [9.17, 15) is 0 Å². The number of para-hydroxylation sites is 3. The van der Waals surface area contributed by atoms with Gasteiger partial charge in [0.1, 0.15) is 23.2 Å². The quantitative estimate of drug-likeness (QED) is 0.439. The molecular weight excluding hydrogens is 350 g/mol. The third kappa shape index (κ3) is 3.91. The Bertz CT molecular complexity index is 1090. The molecule has 142 valence electrons. The first-order chi connectivity index (χ1) is 13.7. The van der Waals surface area contributed by atoms with E-state index in [4.69, 9.17) is 4.74 Å². The number of anilines is 3. The monoisotopic (exact) mass is 373 g/mol. The van der Waals surface area contributed by atoms with Gasteiger partial charge in [0, 0.05) is 29.7 Å². The van der Waals surface area contributed by atoms with Gasteiger partial charge in [0.15, 0.2) is 0 Å². The number of methoxy groups -OCH3 is 1. The molecule has 3 N–H and O–H groups in total. The van der Waals surface area contributed by atoms with Crippen molar-refractivity contribution >= 4 is 28.2 Å². The predicted octanol–water partition coefficient (Wildman–Crippen LogP) is 4.67. The highest BCUT2D eigenvalue weighted by Gasteiger charge is 2.07. The van der Waals surface area contributed by atoms with Gasteiger partial charge in [-0.1, -0.05) is 30.3 Å². The first-order valence-corrected chi connectivity index (χ1v) is 9.27. The summed E-state index contributed by atoms with van der Waals surface area (Å²) in [5.74, 6) is 3.00. The molecular formula is C22H23N5O. The molecule has 4 aromatic rings. The van der Waals surface area contributed by atoms with Crippen LogP contribution in [0.2, 0.25) is 0 Å². The third-order valence-electron chi connectivity index (χ3n) is 4.58. The van der Waals surface area contributed by atoms with Crippen LogP contribution in [-0.4, -0.2) is 28.6 Å².